The van der Waals surface area contributed by atoms with Crippen molar-refractivity contribution in [1.29, 1.82) is 0 Å². The molecule has 1 atom stereocenters. The van der Waals surface area contributed by atoms with Gasteiger partial charge in [0.25, 0.3) is 0 Å². The molecule has 0 aliphatic carbocycles. The van der Waals surface area contributed by atoms with Crippen LogP contribution in [0.1, 0.15) is 0 Å². The van der Waals surface area contributed by atoms with E-state index in [0.717, 1.165) is 0 Å². The zero-order valence-corrected chi connectivity index (χ0v) is 9.74. The number of aliphatic hydroxyl groups is 1. The minimum Gasteiger partial charge on any atom is -0.394 e. The fourth-order valence-corrected chi connectivity index (χ4v) is 1.32. The molecule has 0 saturated carbocycles. The zero-order chi connectivity index (χ0) is 11.2. The maximum atomic E-state index is 11.1. The van der Waals surface area contributed by atoms with Crippen LogP contribution in [0.2, 0.25) is 0 Å². The summed E-state index contributed by atoms with van der Waals surface area (Å²) < 4.78 is 20.8. The first kappa shape index (κ1) is 14.0. The van der Waals surface area contributed by atoms with Crippen LogP contribution in [0.5, 0.6) is 0 Å². The molecule has 0 rings (SSSR count). The van der Waals surface area contributed by atoms with E-state index < -0.39 is 7.82 Å². The molecule has 0 heterocycles. The van der Waals surface area contributed by atoms with Crippen molar-refractivity contribution in [2.24, 2.45) is 0 Å². The number of rotatable bonds is 7. The Morgan fingerprint density at radius 2 is 1.71 bits per heavy atom. The van der Waals surface area contributed by atoms with Crippen molar-refractivity contribution >= 4 is 7.82 Å². The topological polar surface area (TPSA) is 76.0 Å². The molecule has 6 nitrogen and oxygen atoms in total. The summed E-state index contributed by atoms with van der Waals surface area (Å²) >= 11 is 0. The van der Waals surface area contributed by atoms with Crippen molar-refractivity contribution < 1.29 is 28.1 Å². The number of phosphoric acid groups is 1. The first-order chi connectivity index (χ1) is 6.27. The molecule has 0 amide bonds. The molecule has 7 heteroatoms. The average molecular weight is 228 g/mol. The molecule has 0 saturated heterocycles. The van der Waals surface area contributed by atoms with Gasteiger partial charge >= 0.3 is 7.82 Å². The van der Waals surface area contributed by atoms with E-state index in [1.165, 1.54) is 0 Å². The van der Waals surface area contributed by atoms with E-state index in [9.17, 15) is 4.57 Å². The molecule has 0 aromatic heterocycles. The summed E-state index contributed by atoms with van der Waals surface area (Å²) in [5.74, 6) is 0. The zero-order valence-electron chi connectivity index (χ0n) is 8.84. The molecule has 86 valence electrons. The van der Waals surface area contributed by atoms with E-state index in [4.69, 9.17) is 10.00 Å². The van der Waals surface area contributed by atoms with E-state index in [-0.39, 0.29) is 19.8 Å². The number of phosphoric ester groups is 1. The molecule has 0 aliphatic rings. The SMILES string of the molecule is C[N+](C)(C)CCOP(=O)(O)OCCO. The Morgan fingerprint density at radius 3 is 2.14 bits per heavy atom. The minimum absolute atomic E-state index is 0.142. The van der Waals surface area contributed by atoms with Crippen LogP contribution in [-0.4, -0.2) is 62.0 Å². The molecule has 0 aromatic rings. The lowest BCUT2D eigenvalue weighted by atomic mass is 10.5. The highest BCUT2D eigenvalue weighted by atomic mass is 31.2. The molecular formula is C7H19NO5P+. The summed E-state index contributed by atoms with van der Waals surface area (Å²) in [6.07, 6.45) is 0. The highest BCUT2D eigenvalue weighted by Gasteiger charge is 2.21. The minimum atomic E-state index is -3.97. The van der Waals surface area contributed by atoms with E-state index in [0.29, 0.717) is 11.0 Å². The highest BCUT2D eigenvalue weighted by molar-refractivity contribution is 7.47. The Bertz CT molecular complexity index is 203. The third-order valence-electron chi connectivity index (χ3n) is 1.36. The van der Waals surface area contributed by atoms with E-state index >= 15 is 0 Å². The van der Waals surface area contributed by atoms with Crippen LogP contribution in [0, 0.1) is 0 Å². The average Bonchev–Trinajstić information content (AvgIpc) is 1.98. The van der Waals surface area contributed by atoms with Gasteiger partial charge in [-0.3, -0.25) is 9.05 Å². The second-order valence-electron chi connectivity index (χ2n) is 3.87. The molecule has 14 heavy (non-hydrogen) atoms. The van der Waals surface area contributed by atoms with Gasteiger partial charge in [0.1, 0.15) is 13.2 Å². The monoisotopic (exact) mass is 228 g/mol. The van der Waals surface area contributed by atoms with Gasteiger partial charge < -0.3 is 14.5 Å². The van der Waals surface area contributed by atoms with Crippen molar-refractivity contribution in [2.75, 3.05) is 47.5 Å². The number of hydrogen-bond donors (Lipinski definition) is 2. The summed E-state index contributed by atoms with van der Waals surface area (Å²) in [4.78, 5) is 9.04. The van der Waals surface area contributed by atoms with Gasteiger partial charge in [0.2, 0.25) is 0 Å². The fraction of sp³-hybridized carbons (Fsp3) is 1.00. The van der Waals surface area contributed by atoms with Crippen molar-refractivity contribution in [3.05, 3.63) is 0 Å². The Morgan fingerprint density at radius 1 is 1.21 bits per heavy atom. The maximum absolute atomic E-state index is 11.1. The largest absolute Gasteiger partial charge is 0.472 e. The second-order valence-corrected chi connectivity index (χ2v) is 5.33. The molecule has 0 bridgehead atoms. The summed E-state index contributed by atoms with van der Waals surface area (Å²) in [5, 5.41) is 8.37. The normalized spacial score (nSPS) is 16.6. The van der Waals surface area contributed by atoms with Crippen LogP contribution in [0.4, 0.5) is 0 Å². The molecule has 1 unspecified atom stereocenters. The van der Waals surface area contributed by atoms with E-state index in [1.807, 2.05) is 21.1 Å². The van der Waals surface area contributed by atoms with Crippen LogP contribution in [0.15, 0.2) is 0 Å². The summed E-state index contributed by atoms with van der Waals surface area (Å²) in [6.45, 7) is 0.247. The van der Waals surface area contributed by atoms with Crippen LogP contribution < -0.4 is 0 Å². The molecular weight excluding hydrogens is 209 g/mol. The van der Waals surface area contributed by atoms with Gasteiger partial charge in [-0.2, -0.15) is 0 Å². The summed E-state index contributed by atoms with van der Waals surface area (Å²) in [6, 6.07) is 0. The Hall–Kier alpha value is 0.0300. The van der Waals surface area contributed by atoms with Crippen molar-refractivity contribution in [3.63, 3.8) is 0 Å². The number of quaternary nitrogens is 1. The van der Waals surface area contributed by atoms with Crippen LogP contribution in [-0.2, 0) is 13.6 Å². The van der Waals surface area contributed by atoms with Gasteiger partial charge in [-0.05, 0) is 0 Å². The summed E-state index contributed by atoms with van der Waals surface area (Å²) in [7, 11) is 1.87. The molecule has 0 spiro atoms. The van der Waals surface area contributed by atoms with Gasteiger partial charge in [0, 0.05) is 0 Å². The Labute approximate surface area is 84.3 Å². The second kappa shape index (κ2) is 5.80. The van der Waals surface area contributed by atoms with Crippen molar-refractivity contribution in [2.45, 2.75) is 0 Å². The van der Waals surface area contributed by atoms with Gasteiger partial charge in [-0.15, -0.1) is 0 Å². The van der Waals surface area contributed by atoms with Gasteiger partial charge in [-0.1, -0.05) is 0 Å². The Balaban J connectivity index is 3.71. The van der Waals surface area contributed by atoms with Gasteiger partial charge in [-0.25, -0.2) is 4.57 Å². The highest BCUT2D eigenvalue weighted by Crippen LogP contribution is 2.42. The Kier molecular flexibility index (Phi) is 5.81. The molecule has 0 aromatic carbocycles. The predicted octanol–water partition coefficient (Wildman–Crippen LogP) is -0.181. The smallest absolute Gasteiger partial charge is 0.394 e. The third-order valence-corrected chi connectivity index (χ3v) is 2.38. The molecule has 0 radical (unpaired) electrons. The van der Waals surface area contributed by atoms with Gasteiger partial charge in [0.15, 0.2) is 0 Å². The number of nitrogens with zero attached hydrogens (tertiary/aromatic N) is 1. The quantitative estimate of drug-likeness (QED) is 0.467. The fourth-order valence-electron chi connectivity index (χ4n) is 0.623. The molecule has 0 fully saturated rings. The van der Waals surface area contributed by atoms with Crippen molar-refractivity contribution in [3.8, 4) is 0 Å². The van der Waals surface area contributed by atoms with Crippen molar-refractivity contribution in [1.82, 2.24) is 0 Å². The predicted molar refractivity (Wildman–Crippen MR) is 51.7 cm³/mol. The van der Waals surface area contributed by atoms with Gasteiger partial charge in [0.05, 0.1) is 34.4 Å². The number of likely N-dealkylation sites (N-methyl/N-ethyl adjacent to an activating group) is 1. The third kappa shape index (κ3) is 8.62. The van der Waals surface area contributed by atoms with E-state index in [1.54, 1.807) is 0 Å². The first-order valence-electron chi connectivity index (χ1n) is 4.30. The van der Waals surface area contributed by atoms with Crippen LogP contribution >= 0.6 is 7.82 Å². The lowest BCUT2D eigenvalue weighted by molar-refractivity contribution is -0.870. The molecule has 0 aliphatic heterocycles. The maximum Gasteiger partial charge on any atom is 0.472 e. The lowest BCUT2D eigenvalue weighted by Crippen LogP contribution is -2.37. The summed E-state index contributed by atoms with van der Waals surface area (Å²) in [5.41, 5.74) is 0. The molecule has 2 N–H and O–H groups in total. The standard InChI is InChI=1S/C7H18NO5P/c1-8(2,3)4-6-12-14(10,11)13-7-5-9/h9H,4-7H2,1-3H3/p+1. The first-order valence-corrected chi connectivity index (χ1v) is 5.79. The number of hydrogen-bond acceptors (Lipinski definition) is 4. The van der Waals surface area contributed by atoms with Crippen LogP contribution in [0.3, 0.4) is 0 Å². The van der Waals surface area contributed by atoms with E-state index in [2.05, 4.69) is 9.05 Å². The van der Waals surface area contributed by atoms with Crippen LogP contribution in [0.25, 0.3) is 0 Å². The number of aliphatic hydroxyl groups excluding tert-OH is 1. The lowest BCUT2D eigenvalue weighted by Gasteiger charge is -2.23.